The van der Waals surface area contributed by atoms with E-state index in [1.54, 1.807) is 0 Å². The highest BCUT2D eigenvalue weighted by Gasteiger charge is 2.12. The van der Waals surface area contributed by atoms with Crippen LogP contribution in [0.15, 0.2) is 24.3 Å². The van der Waals surface area contributed by atoms with Gasteiger partial charge in [0, 0.05) is 18.8 Å². The predicted octanol–water partition coefficient (Wildman–Crippen LogP) is 1.66. The molecule has 2 rings (SSSR count). The minimum atomic E-state index is 0.772. The molecule has 70 valence electrons. The molecule has 0 saturated carbocycles. The zero-order valence-electron chi connectivity index (χ0n) is 7.57. The number of anilines is 1. The van der Waals surface area contributed by atoms with Gasteiger partial charge in [0.25, 0.3) is 0 Å². The van der Waals surface area contributed by atoms with Crippen LogP contribution in [0, 0.1) is 0 Å². The standard InChI is InChI=1S/C10H14N2O/c11-9-3-5-10(6-4-9)13-12-7-1-2-8-12/h3-6H,1-2,7-8,11H2. The fourth-order valence-electron chi connectivity index (χ4n) is 1.46. The van der Waals surface area contributed by atoms with Crippen molar-refractivity contribution in [1.29, 1.82) is 0 Å². The fourth-order valence-corrected chi connectivity index (χ4v) is 1.46. The molecule has 1 aromatic carbocycles. The average molecular weight is 178 g/mol. The van der Waals surface area contributed by atoms with Gasteiger partial charge < -0.3 is 10.6 Å². The van der Waals surface area contributed by atoms with E-state index in [-0.39, 0.29) is 0 Å². The molecular formula is C10H14N2O. The Labute approximate surface area is 78.1 Å². The molecule has 0 aliphatic carbocycles. The van der Waals surface area contributed by atoms with Crippen molar-refractivity contribution in [2.75, 3.05) is 18.8 Å². The van der Waals surface area contributed by atoms with Gasteiger partial charge in [-0.25, -0.2) is 0 Å². The number of hydroxylamine groups is 2. The zero-order valence-corrected chi connectivity index (χ0v) is 7.57. The first-order valence-corrected chi connectivity index (χ1v) is 4.63. The van der Waals surface area contributed by atoms with Gasteiger partial charge in [-0.1, -0.05) is 0 Å². The lowest BCUT2D eigenvalue weighted by Gasteiger charge is -2.15. The van der Waals surface area contributed by atoms with Crippen molar-refractivity contribution in [3.8, 4) is 5.75 Å². The van der Waals surface area contributed by atoms with Crippen LogP contribution in [-0.2, 0) is 0 Å². The summed E-state index contributed by atoms with van der Waals surface area (Å²) in [4.78, 5) is 5.61. The van der Waals surface area contributed by atoms with E-state index in [4.69, 9.17) is 10.6 Å². The number of rotatable bonds is 2. The zero-order chi connectivity index (χ0) is 9.10. The van der Waals surface area contributed by atoms with E-state index in [0.717, 1.165) is 24.5 Å². The molecule has 0 radical (unpaired) electrons. The van der Waals surface area contributed by atoms with Crippen LogP contribution < -0.4 is 10.6 Å². The van der Waals surface area contributed by atoms with Crippen LogP contribution in [0.25, 0.3) is 0 Å². The Morgan fingerprint density at radius 3 is 2.31 bits per heavy atom. The number of nitrogens with zero attached hydrogens (tertiary/aromatic N) is 1. The van der Waals surface area contributed by atoms with Crippen molar-refractivity contribution in [3.63, 3.8) is 0 Å². The Bertz CT molecular complexity index is 265. The minimum Gasteiger partial charge on any atom is -0.406 e. The Balaban J connectivity index is 1.97. The fraction of sp³-hybridized carbons (Fsp3) is 0.400. The van der Waals surface area contributed by atoms with Crippen LogP contribution in [0.4, 0.5) is 5.69 Å². The average Bonchev–Trinajstić information content (AvgIpc) is 2.62. The summed E-state index contributed by atoms with van der Waals surface area (Å²) in [6, 6.07) is 7.50. The van der Waals surface area contributed by atoms with Gasteiger partial charge in [0.2, 0.25) is 0 Å². The molecule has 1 fully saturated rings. The summed E-state index contributed by atoms with van der Waals surface area (Å²) in [7, 11) is 0. The largest absolute Gasteiger partial charge is 0.406 e. The van der Waals surface area contributed by atoms with Crippen molar-refractivity contribution >= 4 is 5.69 Å². The maximum atomic E-state index is 5.61. The molecule has 0 atom stereocenters. The highest BCUT2D eigenvalue weighted by atomic mass is 16.7. The summed E-state index contributed by atoms with van der Waals surface area (Å²) in [5, 5.41) is 1.99. The first-order chi connectivity index (χ1) is 6.34. The molecule has 13 heavy (non-hydrogen) atoms. The highest BCUT2D eigenvalue weighted by Crippen LogP contribution is 2.17. The van der Waals surface area contributed by atoms with Gasteiger partial charge in [0.05, 0.1) is 0 Å². The van der Waals surface area contributed by atoms with Gasteiger partial charge in [-0.3, -0.25) is 0 Å². The Kier molecular flexibility index (Phi) is 2.36. The van der Waals surface area contributed by atoms with Crippen LogP contribution in [0.2, 0.25) is 0 Å². The lowest BCUT2D eigenvalue weighted by atomic mass is 10.3. The monoisotopic (exact) mass is 178 g/mol. The van der Waals surface area contributed by atoms with Crippen molar-refractivity contribution in [1.82, 2.24) is 5.06 Å². The first kappa shape index (κ1) is 8.38. The third-order valence-electron chi connectivity index (χ3n) is 2.18. The number of benzene rings is 1. The van der Waals surface area contributed by atoms with E-state index in [2.05, 4.69) is 0 Å². The molecule has 2 N–H and O–H groups in total. The van der Waals surface area contributed by atoms with Crippen LogP contribution in [-0.4, -0.2) is 18.2 Å². The molecule has 3 nitrogen and oxygen atoms in total. The highest BCUT2D eigenvalue weighted by molar-refractivity contribution is 5.41. The third kappa shape index (κ3) is 2.12. The van der Waals surface area contributed by atoms with Crippen LogP contribution in [0.3, 0.4) is 0 Å². The smallest absolute Gasteiger partial charge is 0.147 e. The van der Waals surface area contributed by atoms with E-state index < -0.39 is 0 Å². The molecule has 1 aliphatic rings. The molecular weight excluding hydrogens is 164 g/mol. The third-order valence-corrected chi connectivity index (χ3v) is 2.18. The van der Waals surface area contributed by atoms with Crippen LogP contribution >= 0.6 is 0 Å². The lowest BCUT2D eigenvalue weighted by Crippen LogP contribution is -2.23. The molecule has 0 bridgehead atoms. The molecule has 3 heteroatoms. The van der Waals surface area contributed by atoms with E-state index in [1.165, 1.54) is 12.8 Å². The normalized spacial score (nSPS) is 17.5. The van der Waals surface area contributed by atoms with Crippen LogP contribution in [0.1, 0.15) is 12.8 Å². The second kappa shape index (κ2) is 3.66. The number of nitrogen functional groups attached to an aromatic ring is 1. The quantitative estimate of drug-likeness (QED) is 0.700. The van der Waals surface area contributed by atoms with Crippen molar-refractivity contribution in [2.24, 2.45) is 0 Å². The molecule has 0 unspecified atom stereocenters. The molecule has 1 saturated heterocycles. The Morgan fingerprint density at radius 2 is 1.69 bits per heavy atom. The first-order valence-electron chi connectivity index (χ1n) is 4.63. The SMILES string of the molecule is Nc1ccc(ON2CCCC2)cc1. The van der Waals surface area contributed by atoms with E-state index in [9.17, 15) is 0 Å². The van der Waals surface area contributed by atoms with E-state index in [0.29, 0.717) is 0 Å². The van der Waals surface area contributed by atoms with Crippen molar-refractivity contribution < 1.29 is 4.84 Å². The maximum absolute atomic E-state index is 5.61. The number of hydrogen-bond acceptors (Lipinski definition) is 3. The van der Waals surface area contributed by atoms with Crippen molar-refractivity contribution in [2.45, 2.75) is 12.8 Å². The molecule has 1 aromatic rings. The molecule has 1 aliphatic heterocycles. The Hall–Kier alpha value is -1.22. The van der Waals surface area contributed by atoms with Gasteiger partial charge in [-0.05, 0) is 37.1 Å². The summed E-state index contributed by atoms with van der Waals surface area (Å²) < 4.78 is 0. The molecule has 0 amide bonds. The number of hydrogen-bond donors (Lipinski definition) is 1. The minimum absolute atomic E-state index is 0.772. The number of nitrogens with two attached hydrogens (primary N) is 1. The molecule has 1 heterocycles. The second-order valence-electron chi connectivity index (χ2n) is 3.30. The van der Waals surface area contributed by atoms with E-state index in [1.807, 2.05) is 29.3 Å². The lowest BCUT2D eigenvalue weighted by molar-refractivity contribution is -0.0346. The topological polar surface area (TPSA) is 38.5 Å². The van der Waals surface area contributed by atoms with Gasteiger partial charge >= 0.3 is 0 Å². The molecule has 0 aromatic heterocycles. The van der Waals surface area contributed by atoms with Gasteiger partial charge in [-0.2, -0.15) is 0 Å². The predicted molar refractivity (Wildman–Crippen MR) is 52.3 cm³/mol. The van der Waals surface area contributed by atoms with Gasteiger partial charge in [0.15, 0.2) is 0 Å². The van der Waals surface area contributed by atoms with Gasteiger partial charge in [0.1, 0.15) is 5.75 Å². The summed E-state index contributed by atoms with van der Waals surface area (Å²) >= 11 is 0. The maximum Gasteiger partial charge on any atom is 0.147 e. The summed E-state index contributed by atoms with van der Waals surface area (Å²) in [5.74, 6) is 0.871. The molecule has 0 spiro atoms. The summed E-state index contributed by atoms with van der Waals surface area (Å²) in [6.45, 7) is 2.06. The summed E-state index contributed by atoms with van der Waals surface area (Å²) in [5.41, 5.74) is 6.34. The van der Waals surface area contributed by atoms with E-state index >= 15 is 0 Å². The summed E-state index contributed by atoms with van der Waals surface area (Å²) in [6.07, 6.45) is 2.46. The second-order valence-corrected chi connectivity index (χ2v) is 3.30. The Morgan fingerprint density at radius 1 is 1.08 bits per heavy atom. The van der Waals surface area contributed by atoms with Crippen molar-refractivity contribution in [3.05, 3.63) is 24.3 Å². The van der Waals surface area contributed by atoms with Gasteiger partial charge in [-0.15, -0.1) is 5.06 Å². The van der Waals surface area contributed by atoms with Crippen LogP contribution in [0.5, 0.6) is 5.75 Å².